The fraction of sp³-hybridized carbons (Fsp3) is 0.400. The highest BCUT2D eigenvalue weighted by Crippen LogP contribution is 2.31. The van der Waals surface area contributed by atoms with E-state index in [0.717, 1.165) is 23.2 Å². The Morgan fingerprint density at radius 3 is 2.70 bits per heavy atom. The Balaban J connectivity index is 1.78. The molecule has 178 valence electrons. The summed E-state index contributed by atoms with van der Waals surface area (Å²) in [6, 6.07) is 5.54. The molecule has 1 saturated heterocycles. The van der Waals surface area contributed by atoms with Crippen LogP contribution >= 0.6 is 0 Å². The van der Waals surface area contributed by atoms with Crippen LogP contribution in [0.2, 0.25) is 0 Å². The number of hydrogen-bond acceptors (Lipinski definition) is 6. The zero-order chi connectivity index (χ0) is 24.2. The number of halogens is 5. The molecule has 1 aliphatic rings. The summed E-state index contributed by atoms with van der Waals surface area (Å²) in [5.41, 5.74) is -0.159. The topological polar surface area (TPSA) is 96.5 Å². The van der Waals surface area contributed by atoms with E-state index < -0.39 is 42.9 Å². The van der Waals surface area contributed by atoms with Gasteiger partial charge in [0.25, 0.3) is 11.8 Å². The Morgan fingerprint density at radius 1 is 1.24 bits per heavy atom. The standard InChI is InChI=1S/C20H20F5N5O3/c1-12(31)27-10-13-5-7-19(21,22)11-30(13)18(32)15-3-2-4-16(28-15)29-17-9-14(6-8-26-17)33-20(23,24)25/h2-4,6,8-9,13H,5,7,10-11H2,1H3,(H,27,31)(H,26,28,29). The van der Waals surface area contributed by atoms with Crippen molar-refractivity contribution in [1.82, 2.24) is 20.2 Å². The minimum absolute atomic E-state index is 0.00707. The monoisotopic (exact) mass is 473 g/mol. The van der Waals surface area contributed by atoms with Gasteiger partial charge in [0.1, 0.15) is 23.1 Å². The number of nitrogens with zero attached hydrogens (tertiary/aromatic N) is 3. The van der Waals surface area contributed by atoms with Gasteiger partial charge in [0.15, 0.2) is 0 Å². The van der Waals surface area contributed by atoms with E-state index in [9.17, 15) is 31.5 Å². The van der Waals surface area contributed by atoms with Crippen LogP contribution in [0.15, 0.2) is 36.5 Å². The first-order chi connectivity index (χ1) is 15.4. The van der Waals surface area contributed by atoms with E-state index in [1.807, 2.05) is 0 Å². The van der Waals surface area contributed by atoms with Gasteiger partial charge < -0.3 is 20.3 Å². The molecule has 2 N–H and O–H groups in total. The number of likely N-dealkylation sites (tertiary alicyclic amines) is 1. The molecule has 1 unspecified atom stereocenters. The van der Waals surface area contributed by atoms with Crippen molar-refractivity contribution in [3.63, 3.8) is 0 Å². The highest BCUT2D eigenvalue weighted by Gasteiger charge is 2.42. The van der Waals surface area contributed by atoms with E-state index in [1.54, 1.807) is 0 Å². The summed E-state index contributed by atoms with van der Waals surface area (Å²) < 4.78 is 69.1. The molecular formula is C20H20F5N5O3. The number of carbonyl (C=O) groups is 2. The van der Waals surface area contributed by atoms with Crippen LogP contribution in [-0.2, 0) is 4.79 Å². The Kier molecular flexibility index (Phi) is 6.98. The second kappa shape index (κ2) is 9.55. The van der Waals surface area contributed by atoms with Crippen LogP contribution in [0.5, 0.6) is 5.75 Å². The maximum atomic E-state index is 14.0. The van der Waals surface area contributed by atoms with E-state index in [4.69, 9.17) is 0 Å². The second-order valence-electron chi connectivity index (χ2n) is 7.38. The maximum absolute atomic E-state index is 14.0. The van der Waals surface area contributed by atoms with Crippen LogP contribution in [-0.4, -0.2) is 58.1 Å². The molecular weight excluding hydrogens is 453 g/mol. The summed E-state index contributed by atoms with van der Waals surface area (Å²) in [4.78, 5) is 33.1. The molecule has 0 saturated carbocycles. The number of anilines is 2. The van der Waals surface area contributed by atoms with E-state index in [1.165, 1.54) is 25.1 Å². The zero-order valence-corrected chi connectivity index (χ0v) is 17.3. The average molecular weight is 473 g/mol. The SMILES string of the molecule is CC(=O)NCC1CCC(F)(F)CN1C(=O)c1cccc(Nc2cc(OC(F)(F)F)ccn2)n1. The van der Waals surface area contributed by atoms with Crippen molar-refractivity contribution >= 4 is 23.5 Å². The number of aromatic nitrogens is 2. The first kappa shape index (κ1) is 24.1. The van der Waals surface area contributed by atoms with Gasteiger partial charge in [-0.25, -0.2) is 18.7 Å². The highest BCUT2D eigenvalue weighted by atomic mass is 19.4. The van der Waals surface area contributed by atoms with Gasteiger partial charge in [0.2, 0.25) is 5.91 Å². The zero-order valence-electron chi connectivity index (χ0n) is 17.3. The lowest BCUT2D eigenvalue weighted by Crippen LogP contribution is -2.55. The number of alkyl halides is 5. The number of amides is 2. The normalized spacial score (nSPS) is 17.9. The molecule has 0 aliphatic carbocycles. The van der Waals surface area contributed by atoms with Crippen molar-refractivity contribution in [3.8, 4) is 5.75 Å². The minimum atomic E-state index is -4.88. The number of nitrogens with one attached hydrogen (secondary N) is 2. The van der Waals surface area contributed by atoms with Crippen molar-refractivity contribution in [2.45, 2.75) is 38.1 Å². The predicted octanol–water partition coefficient (Wildman–Crippen LogP) is 3.49. The van der Waals surface area contributed by atoms with Crippen LogP contribution in [0.4, 0.5) is 33.6 Å². The average Bonchev–Trinajstić information content (AvgIpc) is 2.71. The smallest absolute Gasteiger partial charge is 0.406 e. The van der Waals surface area contributed by atoms with Gasteiger partial charge in [-0.1, -0.05) is 6.07 Å². The molecule has 3 rings (SSSR count). The minimum Gasteiger partial charge on any atom is -0.406 e. The van der Waals surface area contributed by atoms with E-state index >= 15 is 0 Å². The Hall–Kier alpha value is -3.51. The molecule has 13 heteroatoms. The number of ether oxygens (including phenoxy) is 1. The first-order valence-corrected chi connectivity index (χ1v) is 9.81. The predicted molar refractivity (Wildman–Crippen MR) is 106 cm³/mol. The largest absolute Gasteiger partial charge is 0.573 e. The molecule has 1 fully saturated rings. The molecule has 33 heavy (non-hydrogen) atoms. The molecule has 1 atom stereocenters. The van der Waals surface area contributed by atoms with Crippen molar-refractivity contribution < 1.29 is 36.3 Å². The maximum Gasteiger partial charge on any atom is 0.573 e. The number of rotatable bonds is 6. The number of pyridine rings is 2. The molecule has 1 aliphatic heterocycles. The summed E-state index contributed by atoms with van der Waals surface area (Å²) in [6.45, 7) is 0.474. The Bertz CT molecular complexity index is 1020. The Labute approximate surface area is 185 Å². The van der Waals surface area contributed by atoms with Crippen molar-refractivity contribution in [2.24, 2.45) is 0 Å². The van der Waals surface area contributed by atoms with E-state index in [2.05, 4.69) is 25.3 Å². The second-order valence-corrected chi connectivity index (χ2v) is 7.38. The molecule has 8 nitrogen and oxygen atoms in total. The molecule has 2 amide bonds. The fourth-order valence-electron chi connectivity index (χ4n) is 3.28. The molecule has 0 aromatic carbocycles. The molecule has 0 bridgehead atoms. The van der Waals surface area contributed by atoms with Crippen LogP contribution < -0.4 is 15.4 Å². The number of carbonyl (C=O) groups excluding carboxylic acids is 2. The van der Waals surface area contributed by atoms with Crippen LogP contribution in [0.1, 0.15) is 30.3 Å². The quantitative estimate of drug-likeness (QED) is 0.624. The summed E-state index contributed by atoms with van der Waals surface area (Å²) in [5.74, 6) is -4.70. The van der Waals surface area contributed by atoms with Gasteiger partial charge in [0.05, 0.1) is 6.54 Å². The summed E-state index contributed by atoms with van der Waals surface area (Å²) in [6.07, 6.45) is -4.22. The summed E-state index contributed by atoms with van der Waals surface area (Å²) in [5, 5.41) is 5.18. The first-order valence-electron chi connectivity index (χ1n) is 9.81. The van der Waals surface area contributed by atoms with Crippen LogP contribution in [0.25, 0.3) is 0 Å². The highest BCUT2D eigenvalue weighted by molar-refractivity contribution is 5.93. The molecule has 2 aromatic heterocycles. The van der Waals surface area contributed by atoms with Gasteiger partial charge in [-0.2, -0.15) is 0 Å². The van der Waals surface area contributed by atoms with Gasteiger partial charge in [-0.05, 0) is 24.6 Å². The van der Waals surface area contributed by atoms with Gasteiger partial charge in [-0.3, -0.25) is 9.59 Å². The number of piperidine rings is 1. The van der Waals surface area contributed by atoms with Crippen LogP contribution in [0, 0.1) is 0 Å². The third-order valence-electron chi connectivity index (χ3n) is 4.72. The lowest BCUT2D eigenvalue weighted by molar-refractivity contribution is -0.274. The van der Waals surface area contributed by atoms with Crippen molar-refractivity contribution in [2.75, 3.05) is 18.4 Å². The van der Waals surface area contributed by atoms with Crippen molar-refractivity contribution in [3.05, 3.63) is 42.2 Å². The molecule has 2 aromatic rings. The lowest BCUT2D eigenvalue weighted by atomic mass is 9.98. The summed E-state index contributed by atoms with van der Waals surface area (Å²) >= 11 is 0. The fourth-order valence-corrected chi connectivity index (χ4v) is 3.28. The van der Waals surface area contributed by atoms with Crippen molar-refractivity contribution in [1.29, 1.82) is 0 Å². The van der Waals surface area contributed by atoms with Crippen LogP contribution in [0.3, 0.4) is 0 Å². The molecule has 0 radical (unpaired) electrons. The Morgan fingerprint density at radius 2 is 2.00 bits per heavy atom. The van der Waals surface area contributed by atoms with E-state index in [-0.39, 0.29) is 36.2 Å². The third kappa shape index (κ3) is 6.99. The van der Waals surface area contributed by atoms with E-state index in [0.29, 0.717) is 0 Å². The lowest BCUT2D eigenvalue weighted by Gasteiger charge is -2.39. The third-order valence-corrected chi connectivity index (χ3v) is 4.72. The summed E-state index contributed by atoms with van der Waals surface area (Å²) in [7, 11) is 0. The number of hydrogen-bond donors (Lipinski definition) is 2. The molecule has 3 heterocycles. The van der Waals surface area contributed by atoms with Gasteiger partial charge >= 0.3 is 6.36 Å². The molecule has 0 spiro atoms. The van der Waals surface area contributed by atoms with Gasteiger partial charge in [-0.15, -0.1) is 13.2 Å². The van der Waals surface area contributed by atoms with Gasteiger partial charge in [0, 0.05) is 38.2 Å².